The summed E-state index contributed by atoms with van der Waals surface area (Å²) >= 11 is 5.86. The maximum Gasteiger partial charge on any atom is 0.143 e. The van der Waals surface area contributed by atoms with Gasteiger partial charge in [0.1, 0.15) is 5.75 Å². The standard InChI is InChI=1S/C11H16ClNO/c1-11(2,3)13-9-6-5-8(12)7-10(9)14-4/h5-7,13H,1-4H3. The van der Waals surface area contributed by atoms with E-state index < -0.39 is 0 Å². The Morgan fingerprint density at radius 1 is 1.29 bits per heavy atom. The zero-order valence-corrected chi connectivity index (χ0v) is 9.77. The Labute approximate surface area is 90.2 Å². The summed E-state index contributed by atoms with van der Waals surface area (Å²) in [6, 6.07) is 5.57. The van der Waals surface area contributed by atoms with Gasteiger partial charge in [0.15, 0.2) is 0 Å². The van der Waals surface area contributed by atoms with Crippen LogP contribution in [0, 0.1) is 0 Å². The van der Waals surface area contributed by atoms with Crippen molar-refractivity contribution in [2.75, 3.05) is 12.4 Å². The van der Waals surface area contributed by atoms with Crippen LogP contribution in [0.15, 0.2) is 18.2 Å². The molecule has 0 heterocycles. The van der Waals surface area contributed by atoms with Gasteiger partial charge in [-0.3, -0.25) is 0 Å². The minimum absolute atomic E-state index is 0.0150. The number of anilines is 1. The van der Waals surface area contributed by atoms with Gasteiger partial charge >= 0.3 is 0 Å². The van der Waals surface area contributed by atoms with Gasteiger partial charge in [0, 0.05) is 16.6 Å². The van der Waals surface area contributed by atoms with Crippen molar-refractivity contribution < 1.29 is 4.74 Å². The van der Waals surface area contributed by atoms with Crippen LogP contribution in [0.3, 0.4) is 0 Å². The second-order valence-electron chi connectivity index (χ2n) is 4.22. The molecule has 1 N–H and O–H groups in total. The van der Waals surface area contributed by atoms with Gasteiger partial charge in [0.25, 0.3) is 0 Å². The Morgan fingerprint density at radius 3 is 2.43 bits per heavy atom. The smallest absolute Gasteiger partial charge is 0.143 e. The molecule has 1 aromatic carbocycles. The van der Waals surface area contributed by atoms with E-state index in [1.807, 2.05) is 12.1 Å². The Balaban J connectivity index is 2.97. The molecule has 0 amide bonds. The summed E-state index contributed by atoms with van der Waals surface area (Å²) < 4.78 is 5.23. The molecule has 0 aliphatic carbocycles. The first-order valence-corrected chi connectivity index (χ1v) is 4.92. The molecule has 0 fully saturated rings. The molecule has 0 aromatic heterocycles. The predicted octanol–water partition coefficient (Wildman–Crippen LogP) is 3.56. The van der Waals surface area contributed by atoms with Gasteiger partial charge in [0.05, 0.1) is 12.8 Å². The third kappa shape index (κ3) is 3.11. The van der Waals surface area contributed by atoms with Crippen LogP contribution in [0.1, 0.15) is 20.8 Å². The first-order chi connectivity index (χ1) is 6.42. The maximum atomic E-state index is 5.86. The molecule has 14 heavy (non-hydrogen) atoms. The Morgan fingerprint density at radius 2 is 1.93 bits per heavy atom. The fourth-order valence-electron chi connectivity index (χ4n) is 1.17. The summed E-state index contributed by atoms with van der Waals surface area (Å²) in [6.45, 7) is 6.29. The van der Waals surface area contributed by atoms with Crippen molar-refractivity contribution in [3.8, 4) is 5.75 Å². The quantitative estimate of drug-likeness (QED) is 0.811. The second kappa shape index (κ2) is 4.09. The van der Waals surface area contributed by atoms with Crippen molar-refractivity contribution in [1.82, 2.24) is 0 Å². The third-order valence-electron chi connectivity index (χ3n) is 1.67. The molecule has 0 radical (unpaired) electrons. The van der Waals surface area contributed by atoms with Crippen molar-refractivity contribution >= 4 is 17.3 Å². The molecule has 0 saturated carbocycles. The summed E-state index contributed by atoms with van der Waals surface area (Å²) in [5.41, 5.74) is 0.977. The highest BCUT2D eigenvalue weighted by molar-refractivity contribution is 6.30. The molecule has 0 aliphatic rings. The van der Waals surface area contributed by atoms with E-state index in [0.29, 0.717) is 5.02 Å². The Hall–Kier alpha value is -0.890. The topological polar surface area (TPSA) is 21.3 Å². The van der Waals surface area contributed by atoms with E-state index in [2.05, 4.69) is 26.1 Å². The Kier molecular flexibility index (Phi) is 3.27. The highest BCUT2D eigenvalue weighted by Gasteiger charge is 2.12. The highest BCUT2D eigenvalue weighted by Crippen LogP contribution is 2.29. The molecule has 3 heteroatoms. The molecule has 2 nitrogen and oxygen atoms in total. The van der Waals surface area contributed by atoms with E-state index in [1.54, 1.807) is 13.2 Å². The fourth-order valence-corrected chi connectivity index (χ4v) is 1.33. The zero-order chi connectivity index (χ0) is 10.8. The molecular formula is C11H16ClNO. The maximum absolute atomic E-state index is 5.86. The van der Waals surface area contributed by atoms with Gasteiger partial charge in [-0.1, -0.05) is 11.6 Å². The molecule has 0 unspecified atom stereocenters. The average molecular weight is 214 g/mol. The van der Waals surface area contributed by atoms with E-state index in [0.717, 1.165) is 11.4 Å². The molecule has 1 rings (SSSR count). The van der Waals surface area contributed by atoms with Crippen LogP contribution in [-0.4, -0.2) is 12.6 Å². The first-order valence-electron chi connectivity index (χ1n) is 4.54. The summed E-state index contributed by atoms with van der Waals surface area (Å²) in [6.07, 6.45) is 0. The summed E-state index contributed by atoms with van der Waals surface area (Å²) in [5.74, 6) is 0.771. The summed E-state index contributed by atoms with van der Waals surface area (Å²) in [7, 11) is 1.64. The number of nitrogens with one attached hydrogen (secondary N) is 1. The van der Waals surface area contributed by atoms with E-state index in [4.69, 9.17) is 16.3 Å². The molecule has 0 bridgehead atoms. The lowest BCUT2D eigenvalue weighted by molar-refractivity contribution is 0.415. The van der Waals surface area contributed by atoms with Crippen molar-refractivity contribution in [3.05, 3.63) is 23.2 Å². The van der Waals surface area contributed by atoms with Gasteiger partial charge in [-0.15, -0.1) is 0 Å². The van der Waals surface area contributed by atoms with Gasteiger partial charge < -0.3 is 10.1 Å². The highest BCUT2D eigenvalue weighted by atomic mass is 35.5. The number of halogens is 1. The van der Waals surface area contributed by atoms with Crippen molar-refractivity contribution in [2.45, 2.75) is 26.3 Å². The molecular weight excluding hydrogens is 198 g/mol. The van der Waals surface area contributed by atoms with Crippen molar-refractivity contribution in [3.63, 3.8) is 0 Å². The van der Waals surface area contributed by atoms with Gasteiger partial charge in [-0.2, -0.15) is 0 Å². The van der Waals surface area contributed by atoms with Crippen LogP contribution in [0.4, 0.5) is 5.69 Å². The monoisotopic (exact) mass is 213 g/mol. The largest absolute Gasteiger partial charge is 0.495 e. The van der Waals surface area contributed by atoms with Crippen LogP contribution >= 0.6 is 11.6 Å². The number of rotatable bonds is 2. The van der Waals surface area contributed by atoms with E-state index in [9.17, 15) is 0 Å². The number of hydrogen-bond acceptors (Lipinski definition) is 2. The molecule has 0 saturated heterocycles. The van der Waals surface area contributed by atoms with Crippen LogP contribution in [0.25, 0.3) is 0 Å². The lowest BCUT2D eigenvalue weighted by atomic mass is 10.1. The summed E-state index contributed by atoms with van der Waals surface area (Å²) in [4.78, 5) is 0. The molecule has 1 aromatic rings. The van der Waals surface area contributed by atoms with E-state index in [1.165, 1.54) is 0 Å². The minimum Gasteiger partial charge on any atom is -0.495 e. The number of benzene rings is 1. The predicted molar refractivity (Wildman–Crippen MR) is 61.4 cm³/mol. The van der Waals surface area contributed by atoms with Gasteiger partial charge in [-0.05, 0) is 32.9 Å². The lowest BCUT2D eigenvalue weighted by Gasteiger charge is -2.23. The van der Waals surface area contributed by atoms with E-state index >= 15 is 0 Å². The second-order valence-corrected chi connectivity index (χ2v) is 4.66. The Bertz CT molecular complexity index is 318. The lowest BCUT2D eigenvalue weighted by Crippen LogP contribution is -2.26. The summed E-state index contributed by atoms with van der Waals surface area (Å²) in [5, 5.41) is 4.03. The van der Waals surface area contributed by atoms with Crippen LogP contribution < -0.4 is 10.1 Å². The van der Waals surface area contributed by atoms with Crippen LogP contribution in [-0.2, 0) is 0 Å². The van der Waals surface area contributed by atoms with Crippen LogP contribution in [0.5, 0.6) is 5.75 Å². The molecule has 78 valence electrons. The van der Waals surface area contributed by atoms with Crippen molar-refractivity contribution in [2.24, 2.45) is 0 Å². The van der Waals surface area contributed by atoms with Gasteiger partial charge in [0.2, 0.25) is 0 Å². The van der Waals surface area contributed by atoms with E-state index in [-0.39, 0.29) is 5.54 Å². The molecule has 0 atom stereocenters. The number of hydrogen-bond donors (Lipinski definition) is 1. The number of ether oxygens (including phenoxy) is 1. The van der Waals surface area contributed by atoms with Gasteiger partial charge in [-0.25, -0.2) is 0 Å². The van der Waals surface area contributed by atoms with Crippen LogP contribution in [0.2, 0.25) is 5.02 Å². The third-order valence-corrected chi connectivity index (χ3v) is 1.91. The normalized spacial score (nSPS) is 11.2. The first kappa shape index (κ1) is 11.2. The molecule has 0 aliphatic heterocycles. The zero-order valence-electron chi connectivity index (χ0n) is 9.02. The average Bonchev–Trinajstić information content (AvgIpc) is 2.06. The molecule has 0 spiro atoms. The number of methoxy groups -OCH3 is 1. The van der Waals surface area contributed by atoms with Crippen molar-refractivity contribution in [1.29, 1.82) is 0 Å². The minimum atomic E-state index is 0.0150. The fraction of sp³-hybridized carbons (Fsp3) is 0.455. The SMILES string of the molecule is COc1cc(Cl)ccc1NC(C)(C)C.